The summed E-state index contributed by atoms with van der Waals surface area (Å²) in [6.45, 7) is -0.375. The van der Waals surface area contributed by atoms with Crippen molar-refractivity contribution in [2.45, 2.75) is 0 Å². The number of rotatable bonds is 0. The summed E-state index contributed by atoms with van der Waals surface area (Å²) in [5, 5.41) is 23.2. The molecule has 0 saturated heterocycles. The Morgan fingerprint density at radius 3 is 1.92 bits per heavy atom. The molecule has 60 valence electrons. The second kappa shape index (κ2) is 7.27. The van der Waals surface area contributed by atoms with Gasteiger partial charge in [0.2, 0.25) is 0 Å². The normalized spacial score (nSPS) is 6.92. The Bertz CT molecular complexity index is 282. The molecule has 0 radical (unpaired) electrons. The van der Waals surface area contributed by atoms with Gasteiger partial charge in [0.05, 0.1) is 17.7 Å². The first-order valence-electron chi connectivity index (χ1n) is 3.28. The van der Waals surface area contributed by atoms with E-state index in [9.17, 15) is 0 Å². The number of aliphatic hydroxyl groups excluding tert-OH is 1. The predicted molar refractivity (Wildman–Crippen MR) is 43.9 cm³/mol. The fraction of sp³-hybridized carbons (Fsp3) is 0.111. The molecule has 1 rings (SSSR count). The van der Waals surface area contributed by atoms with Gasteiger partial charge in [0.1, 0.15) is 6.61 Å². The average molecular weight is 160 g/mol. The van der Waals surface area contributed by atoms with E-state index in [4.69, 9.17) is 15.6 Å². The smallest absolute Gasteiger partial charge is 0.130 e. The summed E-state index contributed by atoms with van der Waals surface area (Å²) >= 11 is 0. The average Bonchev–Trinajstić information content (AvgIpc) is 2.19. The van der Waals surface area contributed by atoms with Crippen molar-refractivity contribution in [3.8, 4) is 12.1 Å². The number of nitriles is 2. The summed E-state index contributed by atoms with van der Waals surface area (Å²) in [5.41, 5.74) is 0.715. The summed E-state index contributed by atoms with van der Waals surface area (Å²) in [4.78, 5) is 0. The number of aliphatic hydroxyl groups is 1. The van der Waals surface area contributed by atoms with E-state index in [1.54, 1.807) is 12.1 Å². The van der Waals surface area contributed by atoms with E-state index in [0.29, 0.717) is 5.56 Å². The SMILES string of the molecule is N#CCO.N#Cc1ccccc1. The second-order valence-corrected chi connectivity index (χ2v) is 1.79. The number of benzene rings is 1. The third-order valence-electron chi connectivity index (χ3n) is 0.974. The third-order valence-corrected chi connectivity index (χ3v) is 0.974. The van der Waals surface area contributed by atoms with Gasteiger partial charge in [-0.15, -0.1) is 0 Å². The van der Waals surface area contributed by atoms with Crippen LogP contribution >= 0.6 is 0 Å². The van der Waals surface area contributed by atoms with Gasteiger partial charge in [-0.25, -0.2) is 0 Å². The van der Waals surface area contributed by atoms with E-state index in [1.165, 1.54) is 6.07 Å². The Hall–Kier alpha value is -1.84. The lowest BCUT2D eigenvalue weighted by Gasteiger charge is -1.80. The molecule has 0 aliphatic heterocycles. The van der Waals surface area contributed by atoms with Gasteiger partial charge in [0.25, 0.3) is 0 Å². The molecule has 0 saturated carbocycles. The second-order valence-electron chi connectivity index (χ2n) is 1.79. The summed E-state index contributed by atoms with van der Waals surface area (Å²) in [5.74, 6) is 0. The molecule has 0 aliphatic rings. The Morgan fingerprint density at radius 1 is 1.17 bits per heavy atom. The quantitative estimate of drug-likeness (QED) is 0.577. The zero-order chi connectivity index (χ0) is 9.23. The lowest BCUT2D eigenvalue weighted by Crippen LogP contribution is -1.66. The number of hydrogen-bond donors (Lipinski definition) is 1. The summed E-state index contributed by atoms with van der Waals surface area (Å²) < 4.78 is 0. The fourth-order valence-corrected chi connectivity index (χ4v) is 0.513. The lowest BCUT2D eigenvalue weighted by atomic mass is 10.2. The monoisotopic (exact) mass is 160 g/mol. The molecule has 0 amide bonds. The molecule has 0 aromatic heterocycles. The molecule has 0 atom stereocenters. The highest BCUT2D eigenvalue weighted by atomic mass is 16.2. The first-order chi connectivity index (χ1) is 5.85. The van der Waals surface area contributed by atoms with Crippen molar-refractivity contribution in [2.75, 3.05) is 6.61 Å². The van der Waals surface area contributed by atoms with Gasteiger partial charge in [-0.05, 0) is 12.1 Å². The molecule has 0 unspecified atom stereocenters. The lowest BCUT2D eigenvalue weighted by molar-refractivity contribution is 0.348. The zero-order valence-corrected chi connectivity index (χ0v) is 6.44. The highest BCUT2D eigenvalue weighted by molar-refractivity contribution is 5.27. The molecule has 3 nitrogen and oxygen atoms in total. The molecule has 1 aromatic rings. The Morgan fingerprint density at radius 2 is 1.67 bits per heavy atom. The molecule has 0 spiro atoms. The van der Waals surface area contributed by atoms with Crippen LogP contribution in [0.5, 0.6) is 0 Å². The van der Waals surface area contributed by atoms with E-state index in [0.717, 1.165) is 0 Å². The molecule has 0 fully saturated rings. The summed E-state index contributed by atoms with van der Waals surface area (Å²) in [7, 11) is 0. The van der Waals surface area contributed by atoms with Gasteiger partial charge in [-0.2, -0.15) is 10.5 Å². The van der Waals surface area contributed by atoms with Crippen molar-refractivity contribution in [2.24, 2.45) is 0 Å². The van der Waals surface area contributed by atoms with Gasteiger partial charge in [-0.1, -0.05) is 18.2 Å². The van der Waals surface area contributed by atoms with Crippen LogP contribution in [0.3, 0.4) is 0 Å². The molecule has 0 bridgehead atoms. The molecule has 0 heterocycles. The summed E-state index contributed by atoms with van der Waals surface area (Å²) in [6, 6.07) is 12.6. The predicted octanol–water partition coefficient (Wildman–Crippen LogP) is 1.06. The van der Waals surface area contributed by atoms with Crippen molar-refractivity contribution >= 4 is 0 Å². The standard InChI is InChI=1S/C7H5N.C2H3NO/c8-6-7-4-2-1-3-5-7;3-1-2-4/h1-5H;4H,2H2. The van der Waals surface area contributed by atoms with Crippen molar-refractivity contribution < 1.29 is 5.11 Å². The Balaban J connectivity index is 0.000000261. The highest BCUT2D eigenvalue weighted by Crippen LogP contribution is 1.92. The Kier molecular flexibility index (Phi) is 6.15. The minimum atomic E-state index is -0.375. The van der Waals surface area contributed by atoms with Crippen molar-refractivity contribution in [3.05, 3.63) is 35.9 Å². The Labute approximate surface area is 71.1 Å². The molecule has 1 aromatic carbocycles. The largest absolute Gasteiger partial charge is 0.381 e. The third kappa shape index (κ3) is 4.99. The molecule has 3 heteroatoms. The van der Waals surface area contributed by atoms with Crippen LogP contribution in [0.15, 0.2) is 30.3 Å². The van der Waals surface area contributed by atoms with Crippen LogP contribution in [-0.4, -0.2) is 11.7 Å². The van der Waals surface area contributed by atoms with E-state index >= 15 is 0 Å². The van der Waals surface area contributed by atoms with Gasteiger partial charge in [0.15, 0.2) is 0 Å². The van der Waals surface area contributed by atoms with Gasteiger partial charge >= 0.3 is 0 Å². The van der Waals surface area contributed by atoms with Crippen LogP contribution in [0, 0.1) is 22.7 Å². The maximum Gasteiger partial charge on any atom is 0.130 e. The first-order valence-corrected chi connectivity index (χ1v) is 3.28. The summed E-state index contributed by atoms with van der Waals surface area (Å²) in [6.07, 6.45) is 0. The van der Waals surface area contributed by atoms with Crippen LogP contribution in [0.4, 0.5) is 0 Å². The van der Waals surface area contributed by atoms with Crippen LogP contribution in [0.25, 0.3) is 0 Å². The highest BCUT2D eigenvalue weighted by Gasteiger charge is 1.79. The minimum Gasteiger partial charge on any atom is -0.381 e. The van der Waals surface area contributed by atoms with E-state index in [2.05, 4.69) is 0 Å². The van der Waals surface area contributed by atoms with Crippen LogP contribution in [0.2, 0.25) is 0 Å². The van der Waals surface area contributed by atoms with Crippen LogP contribution < -0.4 is 0 Å². The van der Waals surface area contributed by atoms with Gasteiger partial charge < -0.3 is 5.11 Å². The van der Waals surface area contributed by atoms with Crippen LogP contribution in [0.1, 0.15) is 5.56 Å². The topological polar surface area (TPSA) is 67.8 Å². The van der Waals surface area contributed by atoms with E-state index in [1.807, 2.05) is 24.3 Å². The maximum absolute atomic E-state index is 8.29. The molecule has 12 heavy (non-hydrogen) atoms. The van der Waals surface area contributed by atoms with Gasteiger partial charge in [0, 0.05) is 0 Å². The van der Waals surface area contributed by atoms with Gasteiger partial charge in [-0.3, -0.25) is 0 Å². The van der Waals surface area contributed by atoms with Crippen molar-refractivity contribution in [1.82, 2.24) is 0 Å². The van der Waals surface area contributed by atoms with Crippen LogP contribution in [-0.2, 0) is 0 Å². The number of nitrogens with zero attached hydrogens (tertiary/aromatic N) is 2. The molecular formula is C9H8N2O. The van der Waals surface area contributed by atoms with Crippen molar-refractivity contribution in [3.63, 3.8) is 0 Å². The van der Waals surface area contributed by atoms with E-state index in [-0.39, 0.29) is 6.61 Å². The number of hydrogen-bond acceptors (Lipinski definition) is 3. The molecular weight excluding hydrogens is 152 g/mol. The van der Waals surface area contributed by atoms with Crippen molar-refractivity contribution in [1.29, 1.82) is 10.5 Å². The first kappa shape index (κ1) is 10.2. The molecule has 1 N–H and O–H groups in total. The van der Waals surface area contributed by atoms with E-state index < -0.39 is 0 Å². The fourth-order valence-electron chi connectivity index (χ4n) is 0.513. The maximum atomic E-state index is 8.29. The molecule has 0 aliphatic carbocycles. The zero-order valence-electron chi connectivity index (χ0n) is 6.44. The minimum absolute atomic E-state index is 0.375.